The summed E-state index contributed by atoms with van der Waals surface area (Å²) < 4.78 is 0. The van der Waals surface area contributed by atoms with Crippen LogP contribution in [0.1, 0.15) is 5.56 Å². The third-order valence-corrected chi connectivity index (χ3v) is 5.75. The predicted octanol–water partition coefficient (Wildman–Crippen LogP) is 6.30. The Morgan fingerprint density at radius 3 is 2.48 bits per heavy atom. The molecule has 4 aromatic carbocycles. The summed E-state index contributed by atoms with van der Waals surface area (Å²) in [6, 6.07) is 28.8. The van der Waals surface area contributed by atoms with Gasteiger partial charge in [-0.05, 0) is 27.1 Å². The first kappa shape index (κ1) is 17.6. The number of aromatic nitrogens is 1. The highest BCUT2D eigenvalue weighted by Crippen LogP contribution is 2.31. The second-order valence-corrected chi connectivity index (χ2v) is 7.83. The first-order chi connectivity index (χ1) is 14.3. The molecule has 0 saturated heterocycles. The molecule has 0 atom stereocenters. The molecule has 0 aliphatic heterocycles. The molecule has 5 rings (SSSR count). The number of fused-ring (bicyclic) bond motifs is 2. The smallest absolute Gasteiger partial charge is 0.230 e. The molecule has 0 unspecified atom stereocenters. The minimum absolute atomic E-state index is 0.0564. The lowest BCUT2D eigenvalue weighted by molar-refractivity contribution is -0.115. The maximum Gasteiger partial charge on any atom is 0.230 e. The van der Waals surface area contributed by atoms with E-state index in [-0.39, 0.29) is 5.91 Å². The van der Waals surface area contributed by atoms with Crippen LogP contribution in [0.5, 0.6) is 0 Å². The monoisotopic (exact) mass is 394 g/mol. The van der Waals surface area contributed by atoms with Gasteiger partial charge in [-0.3, -0.25) is 4.79 Å². The van der Waals surface area contributed by atoms with Crippen molar-refractivity contribution >= 4 is 43.9 Å². The van der Waals surface area contributed by atoms with Crippen LogP contribution < -0.4 is 5.32 Å². The lowest BCUT2D eigenvalue weighted by Gasteiger charge is -2.05. The van der Waals surface area contributed by atoms with Crippen molar-refractivity contribution in [3.8, 4) is 11.3 Å². The van der Waals surface area contributed by atoms with Crippen LogP contribution in [0.3, 0.4) is 0 Å². The molecule has 4 heteroatoms. The first-order valence-electron chi connectivity index (χ1n) is 9.47. The van der Waals surface area contributed by atoms with Crippen molar-refractivity contribution in [1.29, 1.82) is 0 Å². The summed E-state index contributed by atoms with van der Waals surface area (Å²) >= 11 is 1.45. The summed E-state index contributed by atoms with van der Waals surface area (Å²) in [7, 11) is 0. The third kappa shape index (κ3) is 3.62. The van der Waals surface area contributed by atoms with E-state index in [1.807, 2.05) is 41.8 Å². The van der Waals surface area contributed by atoms with E-state index in [9.17, 15) is 4.79 Å². The van der Waals surface area contributed by atoms with Crippen molar-refractivity contribution in [2.45, 2.75) is 6.42 Å². The molecule has 0 saturated carbocycles. The summed E-state index contributed by atoms with van der Waals surface area (Å²) in [6.45, 7) is 0. The molecule has 0 bridgehead atoms. The fraction of sp³-hybridized carbons (Fsp3) is 0.0400. The number of amides is 1. The molecule has 0 aliphatic rings. The molecule has 0 radical (unpaired) electrons. The first-order valence-corrected chi connectivity index (χ1v) is 10.4. The summed E-state index contributed by atoms with van der Waals surface area (Å²) in [6.07, 6.45) is 0.327. The lowest BCUT2D eigenvalue weighted by Crippen LogP contribution is -2.14. The average Bonchev–Trinajstić information content (AvgIpc) is 3.21. The summed E-state index contributed by atoms with van der Waals surface area (Å²) in [5, 5.41) is 10.2. The van der Waals surface area contributed by atoms with Gasteiger partial charge in [-0.25, -0.2) is 4.98 Å². The number of hydrogen-bond donors (Lipinski definition) is 1. The minimum atomic E-state index is -0.0564. The number of nitrogens with one attached hydrogen (secondary N) is 1. The zero-order chi connectivity index (χ0) is 19.6. The normalized spacial score (nSPS) is 11.0. The highest BCUT2D eigenvalue weighted by atomic mass is 32.1. The Balaban J connectivity index is 1.34. The zero-order valence-electron chi connectivity index (χ0n) is 15.6. The molecule has 29 heavy (non-hydrogen) atoms. The standard InChI is InChI=1S/C25H18N2OS/c28-24(15-17-12-13-18-6-1-2-8-20(18)14-17)27-25-26-23(16-29-25)22-11-5-9-19-7-3-4-10-21(19)22/h1-14,16H,15H2,(H,26,27,28). The number of nitrogens with zero attached hydrogens (tertiary/aromatic N) is 1. The molecular weight excluding hydrogens is 376 g/mol. The van der Waals surface area contributed by atoms with Crippen molar-refractivity contribution in [3.63, 3.8) is 0 Å². The second kappa shape index (κ2) is 7.49. The minimum Gasteiger partial charge on any atom is -0.302 e. The second-order valence-electron chi connectivity index (χ2n) is 6.97. The quantitative estimate of drug-likeness (QED) is 0.389. The van der Waals surface area contributed by atoms with Gasteiger partial charge in [0.1, 0.15) is 0 Å². The molecule has 3 nitrogen and oxygen atoms in total. The van der Waals surface area contributed by atoms with Gasteiger partial charge >= 0.3 is 0 Å². The van der Waals surface area contributed by atoms with Gasteiger partial charge < -0.3 is 5.32 Å². The number of anilines is 1. The van der Waals surface area contributed by atoms with Crippen LogP contribution in [-0.2, 0) is 11.2 Å². The molecule has 1 amide bonds. The van der Waals surface area contributed by atoms with E-state index in [1.54, 1.807) is 0 Å². The fourth-order valence-corrected chi connectivity index (χ4v) is 4.33. The Bertz CT molecular complexity index is 1330. The van der Waals surface area contributed by atoms with Gasteiger partial charge in [-0.15, -0.1) is 11.3 Å². The van der Waals surface area contributed by atoms with Crippen LogP contribution >= 0.6 is 11.3 Å². The van der Waals surface area contributed by atoms with Crippen LogP contribution in [0.25, 0.3) is 32.8 Å². The molecule has 0 aliphatic carbocycles. The molecule has 5 aromatic rings. The third-order valence-electron chi connectivity index (χ3n) is 4.99. The Hall–Kier alpha value is -3.50. The number of thiazole rings is 1. The van der Waals surface area contributed by atoms with E-state index < -0.39 is 0 Å². The molecule has 0 spiro atoms. The number of carbonyl (C=O) groups is 1. The van der Waals surface area contributed by atoms with E-state index in [0.717, 1.165) is 27.6 Å². The van der Waals surface area contributed by atoms with Gasteiger partial charge in [0.2, 0.25) is 5.91 Å². The summed E-state index contributed by atoms with van der Waals surface area (Å²) in [5.41, 5.74) is 2.95. The van der Waals surface area contributed by atoms with Crippen LogP contribution in [0.15, 0.2) is 90.3 Å². The largest absolute Gasteiger partial charge is 0.302 e. The van der Waals surface area contributed by atoms with Crippen molar-refractivity contribution in [3.05, 3.63) is 95.9 Å². The molecule has 1 heterocycles. The summed E-state index contributed by atoms with van der Waals surface area (Å²) in [4.78, 5) is 17.2. The molecule has 1 N–H and O–H groups in total. The van der Waals surface area contributed by atoms with Crippen LogP contribution in [-0.4, -0.2) is 10.9 Å². The molecular formula is C25H18N2OS. The van der Waals surface area contributed by atoms with Crippen molar-refractivity contribution in [2.75, 3.05) is 5.32 Å². The maximum atomic E-state index is 12.5. The van der Waals surface area contributed by atoms with Crippen molar-refractivity contribution < 1.29 is 4.79 Å². The van der Waals surface area contributed by atoms with E-state index in [4.69, 9.17) is 0 Å². The highest BCUT2D eigenvalue weighted by molar-refractivity contribution is 7.14. The van der Waals surface area contributed by atoms with Crippen LogP contribution in [0, 0.1) is 0 Å². The average molecular weight is 394 g/mol. The van der Waals surface area contributed by atoms with Gasteiger partial charge in [-0.2, -0.15) is 0 Å². The number of hydrogen-bond acceptors (Lipinski definition) is 3. The summed E-state index contributed by atoms with van der Waals surface area (Å²) in [5.74, 6) is -0.0564. The lowest BCUT2D eigenvalue weighted by atomic mass is 10.0. The van der Waals surface area contributed by atoms with Crippen LogP contribution in [0.4, 0.5) is 5.13 Å². The van der Waals surface area contributed by atoms with Crippen molar-refractivity contribution in [1.82, 2.24) is 4.98 Å². The van der Waals surface area contributed by atoms with E-state index in [0.29, 0.717) is 11.6 Å². The Morgan fingerprint density at radius 2 is 1.59 bits per heavy atom. The molecule has 1 aromatic heterocycles. The Kier molecular flexibility index (Phi) is 4.54. The fourth-order valence-electron chi connectivity index (χ4n) is 3.60. The maximum absolute atomic E-state index is 12.5. The molecule has 140 valence electrons. The van der Waals surface area contributed by atoms with Gasteiger partial charge in [-0.1, -0.05) is 84.9 Å². The van der Waals surface area contributed by atoms with E-state index in [2.05, 4.69) is 58.8 Å². The topological polar surface area (TPSA) is 42.0 Å². The van der Waals surface area contributed by atoms with Gasteiger partial charge in [0.25, 0.3) is 0 Å². The zero-order valence-corrected chi connectivity index (χ0v) is 16.4. The Morgan fingerprint density at radius 1 is 0.828 bits per heavy atom. The van der Waals surface area contributed by atoms with Crippen molar-refractivity contribution in [2.24, 2.45) is 0 Å². The molecule has 0 fully saturated rings. The SMILES string of the molecule is O=C(Cc1ccc2ccccc2c1)Nc1nc(-c2cccc3ccccc23)cs1. The van der Waals surface area contributed by atoms with Gasteiger partial charge in [0.15, 0.2) is 5.13 Å². The van der Waals surface area contributed by atoms with E-state index in [1.165, 1.54) is 22.1 Å². The Labute approximate surface area is 172 Å². The number of carbonyl (C=O) groups excluding carboxylic acids is 1. The van der Waals surface area contributed by atoms with Gasteiger partial charge in [0.05, 0.1) is 12.1 Å². The predicted molar refractivity (Wildman–Crippen MR) is 121 cm³/mol. The highest BCUT2D eigenvalue weighted by Gasteiger charge is 2.11. The number of rotatable bonds is 4. The van der Waals surface area contributed by atoms with Crippen LogP contribution in [0.2, 0.25) is 0 Å². The number of benzene rings is 4. The van der Waals surface area contributed by atoms with E-state index >= 15 is 0 Å². The van der Waals surface area contributed by atoms with Gasteiger partial charge in [0, 0.05) is 10.9 Å².